The number of nitrogens with one attached hydrogen (secondary N) is 2. The number of carbonyl (C=O) groups excluding carboxylic acids is 1. The van der Waals surface area contributed by atoms with Gasteiger partial charge in [-0.3, -0.25) is 9.78 Å². The number of hydrogen-bond donors (Lipinski definition) is 2. The van der Waals surface area contributed by atoms with Crippen LogP contribution in [0.5, 0.6) is 0 Å². The number of halogens is 4. The fourth-order valence-corrected chi connectivity index (χ4v) is 6.66. The van der Waals surface area contributed by atoms with Gasteiger partial charge in [0, 0.05) is 55.4 Å². The molecule has 1 spiro atoms. The molecule has 3 aliphatic rings. The Balaban J connectivity index is 1.08. The van der Waals surface area contributed by atoms with Gasteiger partial charge < -0.3 is 15.5 Å². The van der Waals surface area contributed by atoms with Crippen LogP contribution in [-0.2, 0) is 4.79 Å². The second kappa shape index (κ2) is 9.37. The van der Waals surface area contributed by atoms with Crippen LogP contribution < -0.4 is 10.6 Å². The van der Waals surface area contributed by atoms with E-state index < -0.39 is 23.7 Å². The zero-order valence-electron chi connectivity index (χ0n) is 21.4. The molecule has 1 amide bonds. The zero-order valence-corrected chi connectivity index (χ0v) is 23.0. The molecule has 2 atom stereocenters. The van der Waals surface area contributed by atoms with Gasteiger partial charge in [0.25, 0.3) is 5.92 Å². The smallest absolute Gasteiger partial charge is 0.273 e. The third-order valence-corrected chi connectivity index (χ3v) is 9.23. The van der Waals surface area contributed by atoms with E-state index in [0.717, 1.165) is 0 Å². The van der Waals surface area contributed by atoms with Crippen LogP contribution in [0.2, 0.25) is 0 Å². The zero-order chi connectivity index (χ0) is 27.6. The molecule has 2 saturated heterocycles. The first-order valence-corrected chi connectivity index (χ1v) is 14.1. The topological polar surface area (TPSA) is 101 Å². The molecule has 1 aromatic carbocycles. The van der Waals surface area contributed by atoms with Crippen LogP contribution in [-0.4, -0.2) is 73.7 Å². The first-order chi connectivity index (χ1) is 19.2. The van der Waals surface area contributed by atoms with Crippen LogP contribution in [0.3, 0.4) is 0 Å². The van der Waals surface area contributed by atoms with Gasteiger partial charge in [-0.25, -0.2) is 22.8 Å². The predicted octanol–water partition coefficient (Wildman–Crippen LogP) is 4.30. The molecule has 5 heterocycles. The van der Waals surface area contributed by atoms with E-state index in [1.165, 1.54) is 11.0 Å². The molecular weight excluding hydrogens is 589 g/mol. The first kappa shape index (κ1) is 25.6. The lowest BCUT2D eigenvalue weighted by atomic mass is 9.70. The number of fused-ring (bicyclic) bond motifs is 2. The monoisotopic (exact) mass is 614 g/mol. The summed E-state index contributed by atoms with van der Waals surface area (Å²) in [7, 11) is 0. The Morgan fingerprint density at radius 1 is 1.20 bits per heavy atom. The van der Waals surface area contributed by atoms with Crippen molar-refractivity contribution in [3.63, 3.8) is 0 Å². The number of nitrogens with zero attached hydrogens (tertiary/aromatic N) is 6. The van der Waals surface area contributed by atoms with Crippen molar-refractivity contribution in [1.82, 2.24) is 34.9 Å². The molecule has 0 unspecified atom stereocenters. The van der Waals surface area contributed by atoms with E-state index in [0.29, 0.717) is 78.0 Å². The molecule has 4 aromatic rings. The summed E-state index contributed by atoms with van der Waals surface area (Å²) >= 11 is 3.44. The van der Waals surface area contributed by atoms with Crippen LogP contribution in [0.15, 0.2) is 41.3 Å². The number of benzene rings is 1. The first-order valence-electron chi connectivity index (χ1n) is 13.3. The van der Waals surface area contributed by atoms with Crippen LogP contribution >= 0.6 is 15.9 Å². The minimum Gasteiger partial charge on any atom is -0.351 e. The predicted molar refractivity (Wildman–Crippen MR) is 146 cm³/mol. The van der Waals surface area contributed by atoms with Crippen molar-refractivity contribution < 1.29 is 18.0 Å². The van der Waals surface area contributed by atoms with Crippen LogP contribution in [0.25, 0.3) is 27.6 Å². The molecular formula is C27H26BrF3N8O. The van der Waals surface area contributed by atoms with Gasteiger partial charge in [-0.2, -0.15) is 10.1 Å². The molecule has 1 aliphatic carbocycles. The number of alkyl halides is 2. The molecule has 1 saturated carbocycles. The van der Waals surface area contributed by atoms with Crippen molar-refractivity contribution >= 4 is 49.7 Å². The molecule has 0 radical (unpaired) electrons. The Bertz CT molecular complexity index is 1640. The van der Waals surface area contributed by atoms with Gasteiger partial charge in [-0.05, 0) is 53.7 Å². The number of aromatic nitrogens is 5. The quantitative estimate of drug-likeness (QED) is 0.353. The highest BCUT2D eigenvalue weighted by Gasteiger charge is 2.60. The number of rotatable bonds is 4. The van der Waals surface area contributed by atoms with E-state index in [9.17, 15) is 18.0 Å². The van der Waals surface area contributed by atoms with Gasteiger partial charge in [0.1, 0.15) is 10.1 Å². The molecule has 0 bridgehead atoms. The average molecular weight is 615 g/mol. The number of anilines is 1. The highest BCUT2D eigenvalue weighted by Crippen LogP contribution is 2.47. The van der Waals surface area contributed by atoms with Gasteiger partial charge in [0.05, 0.1) is 23.0 Å². The number of hydrogen-bond acceptors (Lipinski definition) is 7. The van der Waals surface area contributed by atoms with E-state index in [2.05, 4.69) is 46.6 Å². The van der Waals surface area contributed by atoms with Gasteiger partial charge >= 0.3 is 0 Å². The Morgan fingerprint density at radius 3 is 2.83 bits per heavy atom. The molecule has 3 fully saturated rings. The van der Waals surface area contributed by atoms with Gasteiger partial charge in [0.15, 0.2) is 11.5 Å². The largest absolute Gasteiger partial charge is 0.351 e. The Morgan fingerprint density at radius 2 is 2.05 bits per heavy atom. The van der Waals surface area contributed by atoms with Crippen molar-refractivity contribution in [3.8, 4) is 5.69 Å². The number of carbonyl (C=O) groups is 1. The summed E-state index contributed by atoms with van der Waals surface area (Å²) in [5.74, 6) is -3.51. The van der Waals surface area contributed by atoms with Crippen LogP contribution in [0.4, 0.5) is 19.1 Å². The summed E-state index contributed by atoms with van der Waals surface area (Å²) in [6.07, 6.45) is 5.32. The molecule has 7 rings (SSSR count). The summed E-state index contributed by atoms with van der Waals surface area (Å²) in [4.78, 5) is 27.7. The van der Waals surface area contributed by atoms with E-state index in [-0.39, 0.29) is 23.4 Å². The molecule has 9 nitrogen and oxygen atoms in total. The van der Waals surface area contributed by atoms with E-state index in [1.54, 1.807) is 35.3 Å². The molecule has 3 aromatic heterocycles. The molecule has 208 valence electrons. The number of piperidine rings is 1. The van der Waals surface area contributed by atoms with Crippen molar-refractivity contribution in [3.05, 3.63) is 47.1 Å². The Hall–Kier alpha value is -3.32. The Kier molecular flexibility index (Phi) is 6.00. The van der Waals surface area contributed by atoms with Crippen molar-refractivity contribution in [1.29, 1.82) is 0 Å². The highest BCUT2D eigenvalue weighted by atomic mass is 79.9. The molecule has 40 heavy (non-hydrogen) atoms. The fraction of sp³-hybridized carbons (Fsp3) is 0.444. The fourth-order valence-electron chi connectivity index (χ4n) is 6.22. The highest BCUT2D eigenvalue weighted by molar-refractivity contribution is 9.10. The Labute approximate surface area is 235 Å². The summed E-state index contributed by atoms with van der Waals surface area (Å²) in [5, 5.41) is 12.1. The van der Waals surface area contributed by atoms with Crippen molar-refractivity contribution in [2.24, 2.45) is 11.3 Å². The van der Waals surface area contributed by atoms with Gasteiger partial charge in [-0.15, -0.1) is 0 Å². The lowest BCUT2D eigenvalue weighted by Gasteiger charge is -2.53. The normalized spacial score (nSPS) is 23.6. The van der Waals surface area contributed by atoms with Crippen LogP contribution in [0.1, 0.15) is 25.7 Å². The lowest BCUT2D eigenvalue weighted by Crippen LogP contribution is -2.69. The SMILES string of the molecule is O=C([C@@H]1CC[C@@H](Nc2ncc3c(Br)nn(-c4cc(F)c5ncccc5c4)c3n2)C1)N1CCC2(CNC2)C(F)(F)C1. The summed E-state index contributed by atoms with van der Waals surface area (Å²) in [6, 6.07) is 6.60. The number of pyridine rings is 1. The third kappa shape index (κ3) is 4.12. The summed E-state index contributed by atoms with van der Waals surface area (Å²) < 4.78 is 46.6. The molecule has 13 heteroatoms. The second-order valence-electron chi connectivity index (χ2n) is 11.1. The minimum atomic E-state index is -2.88. The third-order valence-electron chi connectivity index (χ3n) is 8.65. The average Bonchev–Trinajstić information content (AvgIpc) is 3.51. The van der Waals surface area contributed by atoms with Gasteiger partial charge in [-0.1, -0.05) is 6.07 Å². The van der Waals surface area contributed by atoms with E-state index in [1.807, 2.05) is 0 Å². The maximum absolute atomic E-state index is 14.9. The van der Waals surface area contributed by atoms with Crippen molar-refractivity contribution in [2.45, 2.75) is 37.6 Å². The molecule has 2 N–H and O–H groups in total. The summed E-state index contributed by atoms with van der Waals surface area (Å²) in [6.45, 7) is 0.482. The maximum Gasteiger partial charge on any atom is 0.273 e. The van der Waals surface area contributed by atoms with Gasteiger partial charge in [0.2, 0.25) is 11.9 Å². The lowest BCUT2D eigenvalue weighted by molar-refractivity contribution is -0.194. The van der Waals surface area contributed by atoms with E-state index in [4.69, 9.17) is 0 Å². The van der Waals surface area contributed by atoms with E-state index >= 15 is 0 Å². The molecule has 2 aliphatic heterocycles. The van der Waals surface area contributed by atoms with Crippen LogP contribution in [0, 0.1) is 17.2 Å². The number of likely N-dealkylation sites (tertiary alicyclic amines) is 1. The second-order valence-corrected chi connectivity index (χ2v) is 11.8. The minimum absolute atomic E-state index is 0.0807. The van der Waals surface area contributed by atoms with Crippen molar-refractivity contribution in [2.75, 3.05) is 31.5 Å². The maximum atomic E-state index is 14.9. The number of amides is 1. The standard InChI is InChI=1S/C27H26BrF3N8O/c28-22-19-11-34-25(36-23(19)39(37-22)18-9-15-2-1-6-33-21(15)20(29)10-18)35-17-4-3-16(8-17)24(40)38-7-5-26(12-32-13-26)27(30,31)14-38/h1-2,6,9-11,16-17,32H,3-5,7-8,12-14H2,(H,34,35,36)/t16-,17-/m1/s1. The summed E-state index contributed by atoms with van der Waals surface area (Å²) in [5.41, 5.74) is 0.239.